The van der Waals surface area contributed by atoms with Crippen molar-refractivity contribution in [1.29, 1.82) is 0 Å². The lowest BCUT2D eigenvalue weighted by Gasteiger charge is -2.24. The van der Waals surface area contributed by atoms with Crippen LogP contribution in [0.3, 0.4) is 0 Å². The number of ketones is 1. The highest BCUT2D eigenvalue weighted by atomic mass is 35.5. The Morgan fingerprint density at radius 3 is 1.85 bits per heavy atom. The fourth-order valence-electron chi connectivity index (χ4n) is 6.26. The third kappa shape index (κ3) is 7.16. The largest absolute Gasteiger partial charge is 0.493 e. The van der Waals surface area contributed by atoms with Crippen molar-refractivity contribution in [1.82, 2.24) is 0 Å². The lowest BCUT2D eigenvalue weighted by atomic mass is 9.86. The molecule has 5 unspecified atom stereocenters. The Morgan fingerprint density at radius 1 is 0.957 bits per heavy atom. The average molecular weight is 671 g/mol. The molecule has 4 aliphatic rings. The first-order chi connectivity index (χ1) is 21.6. The average Bonchev–Trinajstić information content (AvgIpc) is 3.30. The molecule has 4 saturated carbocycles. The number of carboxylic acids is 2. The van der Waals surface area contributed by atoms with Gasteiger partial charge in [-0.3, -0.25) is 14.4 Å². The van der Waals surface area contributed by atoms with Crippen LogP contribution in [0, 0.1) is 35.0 Å². The summed E-state index contributed by atoms with van der Waals surface area (Å²) >= 11 is 7.02. The van der Waals surface area contributed by atoms with Gasteiger partial charge >= 0.3 is 23.9 Å². The molecule has 46 heavy (non-hydrogen) atoms. The van der Waals surface area contributed by atoms with Crippen LogP contribution in [0.4, 0.5) is 0 Å². The number of esters is 2. The van der Waals surface area contributed by atoms with Crippen LogP contribution in [0.25, 0.3) is 0 Å². The van der Waals surface area contributed by atoms with Gasteiger partial charge in [-0.05, 0) is 34.8 Å². The molecular formula is C34H35ClO10S. The van der Waals surface area contributed by atoms with Gasteiger partial charge in [0, 0.05) is 17.2 Å². The van der Waals surface area contributed by atoms with Gasteiger partial charge in [0.1, 0.15) is 15.7 Å². The predicted molar refractivity (Wildman–Crippen MR) is 169 cm³/mol. The van der Waals surface area contributed by atoms with E-state index in [4.69, 9.17) is 26.2 Å². The second-order valence-corrected chi connectivity index (χ2v) is 14.1. The van der Waals surface area contributed by atoms with Crippen molar-refractivity contribution in [3.05, 3.63) is 87.1 Å². The molecule has 12 heteroatoms. The van der Waals surface area contributed by atoms with Gasteiger partial charge in [-0.2, -0.15) is 0 Å². The standard InChI is InChI=1S/C14H11ClO5S.C14H12O3.C6H12O2/c1-19-11-6(3-21-12(11)15)13(17)20-14(18)9-5-2-4-7(9)8(4)10(5)16;15-13(16)14(17,11-7-3-1-4-8-11)12-9-5-2-6-10-12;1-6(2,3)4-5(7)8/h3-5,7-9H,2H2,1H3;1-10,17H,(H,15,16);4H2,1-3H3,(H,7,8). The molecular weight excluding hydrogens is 636 g/mol. The highest BCUT2D eigenvalue weighted by Gasteiger charge is 2.76. The van der Waals surface area contributed by atoms with Gasteiger partial charge in [0.25, 0.3) is 0 Å². The summed E-state index contributed by atoms with van der Waals surface area (Å²) in [5.41, 5.74) is -1.24. The molecule has 5 atom stereocenters. The van der Waals surface area contributed by atoms with Gasteiger partial charge in [-0.15, -0.1) is 11.3 Å². The number of aliphatic carboxylic acids is 2. The minimum Gasteiger partial charge on any atom is -0.493 e. The summed E-state index contributed by atoms with van der Waals surface area (Å²) in [6.07, 6.45) is 1.02. The SMILES string of the molecule is CC(C)(C)CC(=O)O.COc1c(C(=O)OC(=O)C2C3CC4C(C3=O)C42)csc1Cl.O=C(O)C(O)(c1ccccc1)c1ccccc1. The number of Topliss-reactive ketones (excluding diaryl/α,β-unsaturated/α-hetero) is 1. The summed E-state index contributed by atoms with van der Waals surface area (Å²) in [7, 11) is 1.39. The fraction of sp³-hybridized carbons (Fsp3) is 0.382. The van der Waals surface area contributed by atoms with Crippen molar-refractivity contribution in [2.75, 3.05) is 7.11 Å². The van der Waals surface area contributed by atoms with E-state index in [1.165, 1.54) is 12.5 Å². The first-order valence-corrected chi connectivity index (χ1v) is 15.8. The number of carbonyl (C=O) groups excluding carboxylic acids is 3. The number of hydrogen-bond acceptors (Lipinski definition) is 9. The van der Waals surface area contributed by atoms with Crippen molar-refractivity contribution in [3.63, 3.8) is 0 Å². The van der Waals surface area contributed by atoms with E-state index in [0.29, 0.717) is 21.4 Å². The highest BCUT2D eigenvalue weighted by molar-refractivity contribution is 7.15. The van der Waals surface area contributed by atoms with E-state index in [-0.39, 0.29) is 46.7 Å². The zero-order valence-corrected chi connectivity index (χ0v) is 27.2. The van der Waals surface area contributed by atoms with Gasteiger partial charge in [0.15, 0.2) is 5.75 Å². The van der Waals surface area contributed by atoms with Crippen molar-refractivity contribution in [2.24, 2.45) is 35.0 Å². The molecule has 10 nitrogen and oxygen atoms in total. The van der Waals surface area contributed by atoms with Gasteiger partial charge in [-0.25, -0.2) is 9.59 Å². The summed E-state index contributed by atoms with van der Waals surface area (Å²) < 4.78 is 10.3. The number of aliphatic hydroxyl groups is 1. The van der Waals surface area contributed by atoms with Crippen LogP contribution < -0.4 is 4.74 Å². The molecule has 4 fully saturated rings. The quantitative estimate of drug-likeness (QED) is 0.210. The van der Waals surface area contributed by atoms with Crippen molar-refractivity contribution in [2.45, 2.75) is 39.2 Å². The Balaban J connectivity index is 0.000000173. The van der Waals surface area contributed by atoms with Crippen molar-refractivity contribution < 1.29 is 48.8 Å². The summed E-state index contributed by atoms with van der Waals surface area (Å²) in [6.45, 7) is 5.71. The van der Waals surface area contributed by atoms with E-state index in [2.05, 4.69) is 0 Å². The molecule has 2 aromatic carbocycles. The molecule has 0 saturated heterocycles. The predicted octanol–water partition coefficient (Wildman–Crippen LogP) is 5.69. The second kappa shape index (κ2) is 13.7. The summed E-state index contributed by atoms with van der Waals surface area (Å²) in [4.78, 5) is 57.5. The number of ether oxygens (including phenoxy) is 2. The van der Waals surface area contributed by atoms with Gasteiger partial charge in [0.2, 0.25) is 5.60 Å². The van der Waals surface area contributed by atoms with E-state index in [9.17, 15) is 34.2 Å². The number of benzene rings is 2. The molecule has 4 bridgehead atoms. The molecule has 1 heterocycles. The first kappa shape index (κ1) is 34.8. The maximum absolute atomic E-state index is 12.2. The van der Waals surface area contributed by atoms with Crippen LogP contribution in [0.15, 0.2) is 66.0 Å². The van der Waals surface area contributed by atoms with Crippen LogP contribution in [0.5, 0.6) is 5.75 Å². The van der Waals surface area contributed by atoms with E-state index in [1.54, 1.807) is 60.7 Å². The molecule has 0 aliphatic heterocycles. The minimum atomic E-state index is -2.00. The zero-order chi connectivity index (χ0) is 34.0. The van der Waals surface area contributed by atoms with E-state index >= 15 is 0 Å². The number of rotatable bonds is 7. The molecule has 0 amide bonds. The smallest absolute Gasteiger partial charge is 0.350 e. The molecule has 4 aliphatic carbocycles. The Labute approximate surface area is 274 Å². The molecule has 0 spiro atoms. The highest BCUT2D eigenvalue weighted by Crippen LogP contribution is 2.71. The number of carbonyl (C=O) groups is 5. The lowest BCUT2D eigenvalue weighted by molar-refractivity contribution is -0.155. The molecule has 7 rings (SSSR count). The number of carboxylic acid groups (broad SMARTS) is 2. The molecule has 244 valence electrons. The molecule has 1 aromatic heterocycles. The van der Waals surface area contributed by atoms with E-state index < -0.39 is 35.4 Å². The number of thiophene rings is 1. The Bertz CT molecular complexity index is 1570. The van der Waals surface area contributed by atoms with Crippen LogP contribution in [-0.2, 0) is 29.5 Å². The Kier molecular flexibility index (Phi) is 10.4. The normalized spacial score (nSPS) is 22.0. The Hall–Kier alpha value is -4.06. The van der Waals surface area contributed by atoms with Crippen LogP contribution in [0.1, 0.15) is 55.1 Å². The minimum absolute atomic E-state index is 0.0489. The molecule has 0 radical (unpaired) electrons. The van der Waals surface area contributed by atoms with Crippen LogP contribution in [-0.4, -0.2) is 52.1 Å². The second-order valence-electron chi connectivity index (χ2n) is 12.6. The first-order valence-electron chi connectivity index (χ1n) is 14.5. The lowest BCUT2D eigenvalue weighted by Crippen LogP contribution is -2.36. The van der Waals surface area contributed by atoms with Crippen molar-refractivity contribution in [3.8, 4) is 5.75 Å². The van der Waals surface area contributed by atoms with Gasteiger partial charge in [-0.1, -0.05) is 93.0 Å². The molecule has 3 N–H and O–H groups in total. The number of methoxy groups -OCH3 is 1. The Morgan fingerprint density at radius 2 is 1.50 bits per heavy atom. The summed E-state index contributed by atoms with van der Waals surface area (Å²) in [6, 6.07) is 16.7. The van der Waals surface area contributed by atoms with Gasteiger partial charge < -0.3 is 24.8 Å². The van der Waals surface area contributed by atoms with E-state index in [1.807, 2.05) is 20.8 Å². The monoisotopic (exact) mass is 670 g/mol. The summed E-state index contributed by atoms with van der Waals surface area (Å²) in [5, 5.41) is 29.5. The number of hydrogen-bond donors (Lipinski definition) is 3. The van der Waals surface area contributed by atoms with E-state index in [0.717, 1.165) is 17.8 Å². The van der Waals surface area contributed by atoms with Crippen LogP contribution >= 0.6 is 22.9 Å². The summed E-state index contributed by atoms with van der Waals surface area (Å²) in [5.74, 6) is -3.14. The topological polar surface area (TPSA) is 164 Å². The number of halogens is 1. The van der Waals surface area contributed by atoms with Gasteiger partial charge in [0.05, 0.1) is 19.4 Å². The van der Waals surface area contributed by atoms with Crippen molar-refractivity contribution >= 4 is 52.6 Å². The van der Waals surface area contributed by atoms with Crippen LogP contribution in [0.2, 0.25) is 4.34 Å². The molecule has 3 aromatic rings. The third-order valence-electron chi connectivity index (χ3n) is 8.26. The maximum Gasteiger partial charge on any atom is 0.350 e. The maximum atomic E-state index is 12.2. The fourth-order valence-corrected chi connectivity index (χ4v) is 7.30. The third-order valence-corrected chi connectivity index (χ3v) is 9.45. The zero-order valence-electron chi connectivity index (χ0n) is 25.6.